The van der Waals surface area contributed by atoms with E-state index in [0.717, 1.165) is 11.4 Å². The lowest BCUT2D eigenvalue weighted by atomic mass is 10.0. The molecule has 0 saturated carbocycles. The predicted molar refractivity (Wildman–Crippen MR) is 84.4 cm³/mol. The lowest BCUT2D eigenvalue weighted by Crippen LogP contribution is -2.41. The van der Waals surface area contributed by atoms with Crippen molar-refractivity contribution in [2.75, 3.05) is 26.3 Å². The third-order valence-electron chi connectivity index (χ3n) is 3.88. The van der Waals surface area contributed by atoms with E-state index in [-0.39, 0.29) is 11.8 Å². The Morgan fingerprint density at radius 3 is 2.50 bits per heavy atom. The molecule has 5 heteroatoms. The second-order valence-electron chi connectivity index (χ2n) is 5.75. The van der Waals surface area contributed by atoms with Crippen LogP contribution in [0, 0.1) is 0 Å². The van der Waals surface area contributed by atoms with Gasteiger partial charge in [-0.15, -0.1) is 0 Å². The molecule has 0 spiro atoms. The van der Waals surface area contributed by atoms with Crippen LogP contribution in [0.2, 0.25) is 0 Å². The average Bonchev–Trinajstić information content (AvgIpc) is 3.01. The fourth-order valence-corrected chi connectivity index (χ4v) is 2.79. The van der Waals surface area contributed by atoms with E-state index in [2.05, 4.69) is 18.9 Å². The van der Waals surface area contributed by atoms with Crippen LogP contribution in [-0.4, -0.2) is 46.9 Å². The number of hydrogen-bond donors (Lipinski definition) is 0. The third kappa shape index (κ3) is 2.76. The maximum absolute atomic E-state index is 12.8. The summed E-state index contributed by atoms with van der Waals surface area (Å²) in [6.45, 7) is 6.68. The van der Waals surface area contributed by atoms with Crippen LogP contribution in [0.3, 0.4) is 0 Å². The highest BCUT2D eigenvalue weighted by Crippen LogP contribution is 2.24. The van der Waals surface area contributed by atoms with Gasteiger partial charge in [-0.25, -0.2) is 4.68 Å². The minimum atomic E-state index is 0.0502. The molecule has 116 valence electrons. The maximum Gasteiger partial charge on any atom is 0.257 e. The van der Waals surface area contributed by atoms with Gasteiger partial charge in [-0.2, -0.15) is 5.10 Å². The number of rotatable bonds is 3. The summed E-state index contributed by atoms with van der Waals surface area (Å²) in [4.78, 5) is 14.6. The van der Waals surface area contributed by atoms with Crippen molar-refractivity contribution < 1.29 is 9.53 Å². The maximum atomic E-state index is 12.8. The molecule has 0 radical (unpaired) electrons. The van der Waals surface area contributed by atoms with Crippen molar-refractivity contribution in [2.45, 2.75) is 19.8 Å². The molecule has 0 bridgehead atoms. The highest BCUT2D eigenvalue weighted by Gasteiger charge is 2.25. The number of para-hydroxylation sites is 1. The zero-order valence-corrected chi connectivity index (χ0v) is 13.0. The van der Waals surface area contributed by atoms with Gasteiger partial charge in [-0.3, -0.25) is 4.79 Å². The summed E-state index contributed by atoms with van der Waals surface area (Å²) in [7, 11) is 0. The fourth-order valence-electron chi connectivity index (χ4n) is 2.79. The quantitative estimate of drug-likeness (QED) is 0.874. The van der Waals surface area contributed by atoms with E-state index in [1.54, 1.807) is 6.20 Å². The monoisotopic (exact) mass is 299 g/mol. The van der Waals surface area contributed by atoms with E-state index in [0.29, 0.717) is 31.9 Å². The van der Waals surface area contributed by atoms with Gasteiger partial charge in [0.05, 0.1) is 36.4 Å². The number of amides is 1. The number of morpholine rings is 1. The molecule has 1 aliphatic rings. The molecule has 0 aliphatic carbocycles. The van der Waals surface area contributed by atoms with E-state index < -0.39 is 0 Å². The number of nitrogens with zero attached hydrogens (tertiary/aromatic N) is 3. The van der Waals surface area contributed by atoms with Crippen molar-refractivity contribution in [3.8, 4) is 5.69 Å². The minimum Gasteiger partial charge on any atom is -0.378 e. The van der Waals surface area contributed by atoms with E-state index in [1.165, 1.54) is 0 Å². The Hall–Kier alpha value is -2.14. The Kier molecular flexibility index (Phi) is 4.24. The van der Waals surface area contributed by atoms with Gasteiger partial charge in [0.25, 0.3) is 5.91 Å². The van der Waals surface area contributed by atoms with Crippen LogP contribution in [0.25, 0.3) is 5.69 Å². The Morgan fingerprint density at radius 1 is 1.18 bits per heavy atom. The SMILES string of the molecule is CC(C)c1c(C(=O)N2CCOCC2)cnn1-c1ccccc1. The summed E-state index contributed by atoms with van der Waals surface area (Å²) in [5, 5.41) is 4.46. The first-order chi connectivity index (χ1) is 10.7. The second kappa shape index (κ2) is 6.32. The molecule has 1 fully saturated rings. The smallest absolute Gasteiger partial charge is 0.257 e. The van der Waals surface area contributed by atoms with Gasteiger partial charge in [-0.1, -0.05) is 32.0 Å². The first kappa shape index (κ1) is 14.8. The first-order valence-electron chi connectivity index (χ1n) is 7.69. The first-order valence-corrected chi connectivity index (χ1v) is 7.69. The van der Waals surface area contributed by atoms with E-state index in [1.807, 2.05) is 39.9 Å². The lowest BCUT2D eigenvalue weighted by Gasteiger charge is -2.27. The molecule has 5 nitrogen and oxygen atoms in total. The van der Waals surface area contributed by atoms with Crippen molar-refractivity contribution in [1.82, 2.24) is 14.7 Å². The van der Waals surface area contributed by atoms with E-state index in [9.17, 15) is 4.79 Å². The molecule has 1 aliphatic heterocycles. The van der Waals surface area contributed by atoms with Gasteiger partial charge in [0.2, 0.25) is 0 Å². The normalized spacial score (nSPS) is 15.3. The van der Waals surface area contributed by atoms with Gasteiger partial charge in [0, 0.05) is 13.1 Å². The van der Waals surface area contributed by atoms with Crippen molar-refractivity contribution in [1.29, 1.82) is 0 Å². The minimum absolute atomic E-state index is 0.0502. The van der Waals surface area contributed by atoms with E-state index >= 15 is 0 Å². The number of carbonyl (C=O) groups is 1. The topological polar surface area (TPSA) is 47.4 Å². The van der Waals surface area contributed by atoms with Crippen LogP contribution >= 0.6 is 0 Å². The zero-order valence-electron chi connectivity index (χ0n) is 13.0. The van der Waals surface area contributed by atoms with Crippen LogP contribution in [0.5, 0.6) is 0 Å². The van der Waals surface area contributed by atoms with Crippen molar-refractivity contribution in [2.24, 2.45) is 0 Å². The van der Waals surface area contributed by atoms with Gasteiger partial charge < -0.3 is 9.64 Å². The Balaban J connectivity index is 1.98. The molecule has 1 aromatic heterocycles. The van der Waals surface area contributed by atoms with Gasteiger partial charge in [-0.05, 0) is 18.1 Å². The summed E-state index contributed by atoms with van der Waals surface area (Å²) < 4.78 is 7.20. The zero-order chi connectivity index (χ0) is 15.5. The molecule has 0 atom stereocenters. The Bertz CT molecular complexity index is 643. The fraction of sp³-hybridized carbons (Fsp3) is 0.412. The highest BCUT2D eigenvalue weighted by atomic mass is 16.5. The molecule has 3 rings (SSSR count). The van der Waals surface area contributed by atoms with Crippen LogP contribution in [-0.2, 0) is 4.74 Å². The summed E-state index contributed by atoms with van der Waals surface area (Å²) in [5.74, 6) is 0.261. The van der Waals surface area contributed by atoms with Crippen molar-refractivity contribution in [3.63, 3.8) is 0 Å². The average molecular weight is 299 g/mol. The lowest BCUT2D eigenvalue weighted by molar-refractivity contribution is 0.0302. The van der Waals surface area contributed by atoms with Gasteiger partial charge in [0.1, 0.15) is 0 Å². The number of ether oxygens (including phenoxy) is 1. The molecule has 0 N–H and O–H groups in total. The molecule has 1 aromatic carbocycles. The molecule has 22 heavy (non-hydrogen) atoms. The number of aromatic nitrogens is 2. The number of benzene rings is 1. The molecule has 2 aromatic rings. The Labute approximate surface area is 130 Å². The van der Waals surface area contributed by atoms with Crippen LogP contribution < -0.4 is 0 Å². The summed E-state index contributed by atoms with van der Waals surface area (Å²) >= 11 is 0. The standard InChI is InChI=1S/C17H21N3O2/c1-13(2)16-15(17(21)19-8-10-22-11-9-19)12-18-20(16)14-6-4-3-5-7-14/h3-7,12-13H,8-11H2,1-2H3. The number of hydrogen-bond acceptors (Lipinski definition) is 3. The van der Waals surface area contributed by atoms with Crippen LogP contribution in [0.4, 0.5) is 0 Å². The second-order valence-corrected chi connectivity index (χ2v) is 5.75. The third-order valence-corrected chi connectivity index (χ3v) is 3.88. The summed E-state index contributed by atoms with van der Waals surface area (Å²) in [6, 6.07) is 9.93. The number of carbonyl (C=O) groups excluding carboxylic acids is 1. The Morgan fingerprint density at radius 2 is 1.86 bits per heavy atom. The van der Waals surface area contributed by atoms with Gasteiger partial charge in [0.15, 0.2) is 0 Å². The molecule has 1 amide bonds. The van der Waals surface area contributed by atoms with Crippen molar-refractivity contribution in [3.05, 3.63) is 47.8 Å². The molecular weight excluding hydrogens is 278 g/mol. The van der Waals surface area contributed by atoms with Crippen LogP contribution in [0.1, 0.15) is 35.8 Å². The van der Waals surface area contributed by atoms with Crippen LogP contribution in [0.15, 0.2) is 36.5 Å². The largest absolute Gasteiger partial charge is 0.378 e. The highest BCUT2D eigenvalue weighted by molar-refractivity contribution is 5.95. The summed E-state index contributed by atoms with van der Waals surface area (Å²) in [6.07, 6.45) is 1.69. The molecular formula is C17H21N3O2. The molecule has 2 heterocycles. The predicted octanol–water partition coefficient (Wildman–Crippen LogP) is 2.47. The molecule has 0 unspecified atom stereocenters. The van der Waals surface area contributed by atoms with Crippen molar-refractivity contribution >= 4 is 5.91 Å². The van der Waals surface area contributed by atoms with E-state index in [4.69, 9.17) is 4.74 Å². The molecule has 1 saturated heterocycles. The summed E-state index contributed by atoms with van der Waals surface area (Å²) in [5.41, 5.74) is 2.63. The van der Waals surface area contributed by atoms with Gasteiger partial charge >= 0.3 is 0 Å².